The van der Waals surface area contributed by atoms with Crippen molar-refractivity contribution in [1.29, 1.82) is 0 Å². The fraction of sp³-hybridized carbons (Fsp3) is 0.562. The quantitative estimate of drug-likeness (QED) is 0.908. The third-order valence-electron chi connectivity index (χ3n) is 5.14. The topological polar surface area (TPSA) is 68.2 Å². The summed E-state index contributed by atoms with van der Waals surface area (Å²) in [5.41, 5.74) is 0.233. The predicted molar refractivity (Wildman–Crippen MR) is 81.8 cm³/mol. The van der Waals surface area contributed by atoms with Gasteiger partial charge in [-0.2, -0.15) is 0 Å². The number of carboxylic acid groups (broad SMARTS) is 1. The van der Waals surface area contributed by atoms with Gasteiger partial charge in [0.25, 0.3) is 0 Å². The monoisotopic (exact) mass is 339 g/mol. The van der Waals surface area contributed by atoms with Crippen molar-refractivity contribution < 1.29 is 24.1 Å². The molecule has 0 spiro atoms. The van der Waals surface area contributed by atoms with Crippen LogP contribution in [0.5, 0.6) is 11.5 Å². The van der Waals surface area contributed by atoms with Crippen LogP contribution in [0.2, 0.25) is 5.02 Å². The Balaban J connectivity index is 1.55. The lowest BCUT2D eigenvalue weighted by Crippen LogP contribution is -2.44. The van der Waals surface area contributed by atoms with E-state index in [0.717, 1.165) is 5.56 Å². The van der Waals surface area contributed by atoms with Crippen LogP contribution < -0.4 is 9.47 Å². The van der Waals surface area contributed by atoms with Crippen molar-refractivity contribution in [3.63, 3.8) is 0 Å². The standard InChI is InChI=1S/C16H18ClNO5/c17-12-4-14-13(22-9-23-14)3-10(12)5-18-6-11-7-21-2-1-16(11,8-18)15(19)20/h3-4,11H,1-2,5-9H2,(H,19,20)/t11-,16+/m1/s1. The number of carboxylic acids is 1. The number of rotatable bonds is 3. The van der Waals surface area contributed by atoms with Gasteiger partial charge in [-0.25, -0.2) is 0 Å². The average molecular weight is 340 g/mol. The lowest BCUT2D eigenvalue weighted by atomic mass is 9.74. The van der Waals surface area contributed by atoms with Crippen LogP contribution in [0.15, 0.2) is 12.1 Å². The highest BCUT2D eigenvalue weighted by Crippen LogP contribution is 2.44. The van der Waals surface area contributed by atoms with Crippen molar-refractivity contribution in [2.24, 2.45) is 11.3 Å². The largest absolute Gasteiger partial charge is 0.481 e. The van der Waals surface area contributed by atoms with Crippen LogP contribution in [0.3, 0.4) is 0 Å². The third-order valence-corrected chi connectivity index (χ3v) is 5.49. The summed E-state index contributed by atoms with van der Waals surface area (Å²) in [7, 11) is 0. The van der Waals surface area contributed by atoms with Gasteiger partial charge >= 0.3 is 5.97 Å². The van der Waals surface area contributed by atoms with Crippen LogP contribution in [0, 0.1) is 11.3 Å². The number of likely N-dealkylation sites (tertiary alicyclic amines) is 1. The van der Waals surface area contributed by atoms with E-state index in [4.69, 9.17) is 25.8 Å². The number of aliphatic carboxylic acids is 1. The lowest BCUT2D eigenvalue weighted by Gasteiger charge is -2.34. The molecule has 1 aromatic rings. The maximum Gasteiger partial charge on any atom is 0.311 e. The van der Waals surface area contributed by atoms with Gasteiger partial charge in [0.05, 0.1) is 12.0 Å². The van der Waals surface area contributed by atoms with Gasteiger partial charge in [0.15, 0.2) is 11.5 Å². The third kappa shape index (κ3) is 2.45. The number of halogens is 1. The first-order valence-corrected chi connectivity index (χ1v) is 8.08. The fourth-order valence-corrected chi connectivity index (χ4v) is 4.06. The molecule has 0 bridgehead atoms. The minimum atomic E-state index is -0.718. The van der Waals surface area contributed by atoms with E-state index in [2.05, 4.69) is 4.90 Å². The summed E-state index contributed by atoms with van der Waals surface area (Å²) >= 11 is 6.33. The molecule has 0 radical (unpaired) electrons. The molecule has 0 amide bonds. The van der Waals surface area contributed by atoms with Crippen LogP contribution in [-0.4, -0.2) is 49.1 Å². The van der Waals surface area contributed by atoms with Gasteiger partial charge in [0, 0.05) is 43.2 Å². The van der Waals surface area contributed by atoms with E-state index in [-0.39, 0.29) is 12.7 Å². The Morgan fingerprint density at radius 2 is 2.17 bits per heavy atom. The Kier molecular flexibility index (Phi) is 3.63. The Morgan fingerprint density at radius 1 is 1.39 bits per heavy atom. The highest BCUT2D eigenvalue weighted by Gasteiger charge is 2.53. The summed E-state index contributed by atoms with van der Waals surface area (Å²) in [5, 5.41) is 10.3. The molecule has 23 heavy (non-hydrogen) atoms. The van der Waals surface area contributed by atoms with Crippen molar-refractivity contribution >= 4 is 17.6 Å². The van der Waals surface area contributed by atoms with Gasteiger partial charge < -0.3 is 19.3 Å². The zero-order valence-corrected chi connectivity index (χ0v) is 13.3. The second-order valence-corrected chi connectivity index (χ2v) is 6.86. The van der Waals surface area contributed by atoms with Gasteiger partial charge in [-0.15, -0.1) is 0 Å². The molecule has 6 nitrogen and oxygen atoms in total. The second-order valence-electron chi connectivity index (χ2n) is 6.45. The van der Waals surface area contributed by atoms with E-state index in [0.29, 0.717) is 55.8 Å². The number of hydrogen-bond acceptors (Lipinski definition) is 5. The molecule has 0 aliphatic carbocycles. The molecule has 1 aromatic carbocycles. The molecule has 3 heterocycles. The maximum absolute atomic E-state index is 11.8. The number of fused-ring (bicyclic) bond motifs is 2. The van der Waals surface area contributed by atoms with Gasteiger partial charge in [-0.3, -0.25) is 9.69 Å². The van der Waals surface area contributed by atoms with Crippen LogP contribution in [0.1, 0.15) is 12.0 Å². The van der Waals surface area contributed by atoms with Gasteiger partial charge in [0.2, 0.25) is 6.79 Å². The summed E-state index contributed by atoms with van der Waals surface area (Å²) in [6.07, 6.45) is 0.568. The predicted octanol–water partition coefficient (Wildman–Crippen LogP) is 1.99. The highest BCUT2D eigenvalue weighted by molar-refractivity contribution is 6.31. The SMILES string of the molecule is O=C(O)[C@]12CCOC[C@H]1CN(Cc1cc3c(cc1Cl)OCO3)C2. The lowest BCUT2D eigenvalue weighted by molar-refractivity contribution is -0.157. The summed E-state index contributed by atoms with van der Waals surface area (Å²) in [6.45, 7) is 3.07. The van der Waals surface area contributed by atoms with Crippen LogP contribution in [0.25, 0.3) is 0 Å². The molecule has 3 aliphatic rings. The summed E-state index contributed by atoms with van der Waals surface area (Å²) < 4.78 is 16.2. The summed E-state index contributed by atoms with van der Waals surface area (Å²) in [5.74, 6) is 0.660. The minimum Gasteiger partial charge on any atom is -0.481 e. The molecule has 7 heteroatoms. The minimum absolute atomic E-state index is 0.0292. The smallest absolute Gasteiger partial charge is 0.311 e. The van der Waals surface area contributed by atoms with E-state index in [1.807, 2.05) is 6.07 Å². The number of hydrogen-bond donors (Lipinski definition) is 1. The molecular weight excluding hydrogens is 322 g/mol. The van der Waals surface area contributed by atoms with Crippen molar-refractivity contribution in [1.82, 2.24) is 4.90 Å². The van der Waals surface area contributed by atoms with Crippen LogP contribution >= 0.6 is 11.6 Å². The molecule has 0 aromatic heterocycles. The Morgan fingerprint density at radius 3 is 2.91 bits per heavy atom. The number of benzene rings is 1. The van der Waals surface area contributed by atoms with E-state index in [9.17, 15) is 9.90 Å². The molecule has 1 N–H and O–H groups in total. The molecule has 4 rings (SSSR count). The fourth-order valence-electron chi connectivity index (χ4n) is 3.85. The molecular formula is C16H18ClNO5. The van der Waals surface area contributed by atoms with E-state index in [1.165, 1.54) is 0 Å². The molecule has 0 unspecified atom stereocenters. The molecule has 124 valence electrons. The Labute approximate surface area is 138 Å². The van der Waals surface area contributed by atoms with Gasteiger partial charge in [-0.1, -0.05) is 11.6 Å². The number of nitrogens with zero attached hydrogens (tertiary/aromatic N) is 1. The van der Waals surface area contributed by atoms with Crippen molar-refractivity contribution in [3.05, 3.63) is 22.7 Å². The molecule has 2 atom stereocenters. The highest BCUT2D eigenvalue weighted by atomic mass is 35.5. The summed E-state index contributed by atoms with van der Waals surface area (Å²) in [6, 6.07) is 3.65. The Hall–Kier alpha value is -1.50. The van der Waals surface area contributed by atoms with Gasteiger partial charge in [-0.05, 0) is 18.1 Å². The van der Waals surface area contributed by atoms with Crippen LogP contribution in [0.4, 0.5) is 0 Å². The maximum atomic E-state index is 11.8. The Bertz CT molecular complexity index is 652. The number of carbonyl (C=O) groups is 1. The van der Waals surface area contributed by atoms with Gasteiger partial charge in [0.1, 0.15) is 0 Å². The average Bonchev–Trinajstić information content (AvgIpc) is 3.11. The molecule has 3 aliphatic heterocycles. The summed E-state index contributed by atoms with van der Waals surface area (Å²) in [4.78, 5) is 14.0. The normalized spacial score (nSPS) is 29.5. The first-order chi connectivity index (χ1) is 11.1. The second kappa shape index (κ2) is 5.54. The van der Waals surface area contributed by atoms with Crippen molar-refractivity contribution in [2.45, 2.75) is 13.0 Å². The van der Waals surface area contributed by atoms with Crippen LogP contribution in [-0.2, 0) is 16.1 Å². The van der Waals surface area contributed by atoms with Crippen molar-refractivity contribution in [3.8, 4) is 11.5 Å². The molecule has 2 fully saturated rings. The molecule has 2 saturated heterocycles. The van der Waals surface area contributed by atoms with E-state index < -0.39 is 11.4 Å². The molecule has 0 saturated carbocycles. The number of ether oxygens (including phenoxy) is 3. The van der Waals surface area contributed by atoms with E-state index >= 15 is 0 Å². The zero-order valence-electron chi connectivity index (χ0n) is 12.6. The first-order valence-electron chi connectivity index (χ1n) is 7.70. The first kappa shape index (κ1) is 15.1. The van der Waals surface area contributed by atoms with Crippen molar-refractivity contribution in [2.75, 3.05) is 33.1 Å². The van der Waals surface area contributed by atoms with E-state index in [1.54, 1.807) is 6.07 Å². The zero-order chi connectivity index (χ0) is 16.0.